The lowest BCUT2D eigenvalue weighted by molar-refractivity contribution is 0.209. The van der Waals surface area contributed by atoms with E-state index in [9.17, 15) is 9.18 Å². The molecule has 0 aliphatic rings. The van der Waals surface area contributed by atoms with Crippen molar-refractivity contribution in [2.75, 3.05) is 5.32 Å². The number of rotatable bonds is 1. The van der Waals surface area contributed by atoms with Crippen LogP contribution in [0.1, 0.15) is 0 Å². The fourth-order valence-corrected chi connectivity index (χ4v) is 0.817. The largest absolute Gasteiger partial charge is 0.465 e. The minimum Gasteiger partial charge on any atom is -0.465 e. The van der Waals surface area contributed by atoms with Crippen LogP contribution in [-0.4, -0.2) is 16.2 Å². The van der Waals surface area contributed by atoms with E-state index in [1.165, 1.54) is 12.1 Å². The monoisotopic (exact) mass is 234 g/mol. The lowest BCUT2D eigenvalue weighted by Crippen LogP contribution is -2.09. The lowest BCUT2D eigenvalue weighted by atomic mass is 10.4. The van der Waals surface area contributed by atoms with Gasteiger partial charge in [-0.3, -0.25) is 5.32 Å². The highest BCUT2D eigenvalue weighted by molar-refractivity contribution is 9.10. The summed E-state index contributed by atoms with van der Waals surface area (Å²) >= 11 is 2.88. The number of anilines is 1. The molecule has 0 bridgehead atoms. The van der Waals surface area contributed by atoms with Gasteiger partial charge in [-0.1, -0.05) is 0 Å². The van der Waals surface area contributed by atoms with Gasteiger partial charge in [0.1, 0.15) is 5.82 Å². The maximum atomic E-state index is 12.6. The molecule has 0 radical (unpaired) electrons. The molecule has 1 aromatic heterocycles. The molecular formula is C6H4BrFN2O2. The number of nitrogens with one attached hydrogen (secondary N) is 1. The van der Waals surface area contributed by atoms with Crippen LogP contribution in [0.3, 0.4) is 0 Å². The summed E-state index contributed by atoms with van der Waals surface area (Å²) in [5, 5.41) is 10.2. The average Bonchev–Trinajstić information content (AvgIpc) is 1.96. The number of pyridine rings is 1. The molecule has 0 saturated heterocycles. The number of halogens is 2. The number of aromatic nitrogens is 1. The van der Waals surface area contributed by atoms with Crippen molar-refractivity contribution in [3.05, 3.63) is 22.6 Å². The molecule has 0 spiro atoms. The molecule has 0 aliphatic heterocycles. The van der Waals surface area contributed by atoms with Gasteiger partial charge in [-0.05, 0) is 28.1 Å². The second-order valence-electron chi connectivity index (χ2n) is 1.90. The number of carbonyl (C=O) groups is 1. The molecule has 0 saturated carbocycles. The van der Waals surface area contributed by atoms with E-state index in [4.69, 9.17) is 5.11 Å². The van der Waals surface area contributed by atoms with Gasteiger partial charge in [0, 0.05) is 0 Å². The summed E-state index contributed by atoms with van der Waals surface area (Å²) in [6, 6.07) is 2.72. The second-order valence-corrected chi connectivity index (χ2v) is 2.75. The summed E-state index contributed by atoms with van der Waals surface area (Å²) in [5.74, 6) is -0.788. The van der Waals surface area contributed by atoms with Crippen LogP contribution in [0.25, 0.3) is 0 Å². The maximum absolute atomic E-state index is 12.6. The smallest absolute Gasteiger partial charge is 0.410 e. The average molecular weight is 235 g/mol. The number of amides is 1. The molecule has 1 aromatic rings. The molecule has 1 amide bonds. The van der Waals surface area contributed by atoms with Crippen molar-refractivity contribution in [2.24, 2.45) is 0 Å². The van der Waals surface area contributed by atoms with Gasteiger partial charge in [-0.15, -0.1) is 0 Å². The highest BCUT2D eigenvalue weighted by Gasteiger charge is 2.03. The van der Waals surface area contributed by atoms with Crippen molar-refractivity contribution in [2.45, 2.75) is 0 Å². The zero-order chi connectivity index (χ0) is 9.14. The number of nitrogens with zero attached hydrogens (tertiary/aromatic N) is 1. The molecular weight excluding hydrogens is 231 g/mol. The molecule has 4 nitrogen and oxygen atoms in total. The van der Waals surface area contributed by atoms with Crippen molar-refractivity contribution in [3.8, 4) is 0 Å². The Morgan fingerprint density at radius 3 is 2.83 bits per heavy atom. The molecule has 0 atom stereocenters. The summed E-state index contributed by atoms with van der Waals surface area (Å²) in [6.45, 7) is 0. The molecule has 1 heterocycles. The van der Waals surface area contributed by atoms with Crippen LogP contribution in [0, 0.1) is 5.95 Å². The standard InChI is InChI=1S/C6H4BrFN2O2/c7-3-1-2-4(9-5(3)8)10-6(11)12/h1-2H,(H,9,10)(H,11,12). The van der Waals surface area contributed by atoms with E-state index >= 15 is 0 Å². The quantitative estimate of drug-likeness (QED) is 0.732. The Bertz CT molecular complexity index is 318. The van der Waals surface area contributed by atoms with Crippen LogP contribution in [0.5, 0.6) is 0 Å². The van der Waals surface area contributed by atoms with Gasteiger partial charge >= 0.3 is 6.09 Å². The van der Waals surface area contributed by atoms with E-state index < -0.39 is 12.0 Å². The fraction of sp³-hybridized carbons (Fsp3) is 0. The second kappa shape index (κ2) is 3.48. The van der Waals surface area contributed by atoms with Crippen LogP contribution < -0.4 is 5.32 Å². The zero-order valence-corrected chi connectivity index (χ0v) is 7.30. The van der Waals surface area contributed by atoms with Crippen molar-refractivity contribution in [1.29, 1.82) is 0 Å². The molecule has 0 aromatic carbocycles. The number of hydrogen-bond donors (Lipinski definition) is 2. The normalized spacial score (nSPS) is 9.50. The fourth-order valence-electron chi connectivity index (χ4n) is 0.596. The van der Waals surface area contributed by atoms with E-state index in [1.807, 2.05) is 5.32 Å². The molecule has 12 heavy (non-hydrogen) atoms. The molecule has 0 fully saturated rings. The number of carboxylic acid groups (broad SMARTS) is 1. The van der Waals surface area contributed by atoms with Gasteiger partial charge < -0.3 is 5.11 Å². The van der Waals surface area contributed by atoms with Gasteiger partial charge in [0.15, 0.2) is 0 Å². The highest BCUT2D eigenvalue weighted by Crippen LogP contribution is 2.15. The molecule has 0 unspecified atom stereocenters. The minimum atomic E-state index is -1.27. The Morgan fingerprint density at radius 1 is 1.67 bits per heavy atom. The third kappa shape index (κ3) is 2.16. The minimum absolute atomic E-state index is 0.0387. The predicted octanol–water partition coefficient (Wildman–Crippen LogP) is 2.07. The Morgan fingerprint density at radius 2 is 2.33 bits per heavy atom. The molecule has 0 aliphatic carbocycles. The third-order valence-electron chi connectivity index (χ3n) is 1.04. The van der Waals surface area contributed by atoms with Crippen LogP contribution in [0.15, 0.2) is 16.6 Å². The van der Waals surface area contributed by atoms with E-state index in [-0.39, 0.29) is 10.3 Å². The van der Waals surface area contributed by atoms with Gasteiger partial charge in [0.25, 0.3) is 0 Å². The highest BCUT2D eigenvalue weighted by atomic mass is 79.9. The SMILES string of the molecule is O=C(O)Nc1ccc(Br)c(F)n1. The first-order valence-corrected chi connectivity index (χ1v) is 3.71. The topological polar surface area (TPSA) is 62.2 Å². The van der Waals surface area contributed by atoms with E-state index in [2.05, 4.69) is 20.9 Å². The van der Waals surface area contributed by atoms with E-state index in [1.54, 1.807) is 0 Å². The molecule has 6 heteroatoms. The van der Waals surface area contributed by atoms with Crippen LogP contribution >= 0.6 is 15.9 Å². The Kier molecular flexibility index (Phi) is 2.59. The first-order chi connectivity index (χ1) is 5.59. The molecule has 2 N–H and O–H groups in total. The summed E-state index contributed by atoms with van der Waals surface area (Å²) in [5.41, 5.74) is 0. The van der Waals surface area contributed by atoms with Crippen LogP contribution in [0.4, 0.5) is 15.0 Å². The number of hydrogen-bond acceptors (Lipinski definition) is 2. The first-order valence-electron chi connectivity index (χ1n) is 2.91. The van der Waals surface area contributed by atoms with Gasteiger partial charge in [-0.2, -0.15) is 4.39 Å². The van der Waals surface area contributed by atoms with Gasteiger partial charge in [0.05, 0.1) is 4.47 Å². The summed E-state index contributed by atoms with van der Waals surface area (Å²) in [6.07, 6.45) is -1.27. The van der Waals surface area contributed by atoms with E-state index in [0.29, 0.717) is 0 Å². The molecule has 64 valence electrons. The molecule has 1 rings (SSSR count). The Hall–Kier alpha value is -1.17. The first kappa shape index (κ1) is 8.92. The lowest BCUT2D eigenvalue weighted by Gasteiger charge is -1.99. The van der Waals surface area contributed by atoms with Crippen molar-refractivity contribution in [3.63, 3.8) is 0 Å². The van der Waals surface area contributed by atoms with Crippen LogP contribution in [-0.2, 0) is 0 Å². The van der Waals surface area contributed by atoms with Crippen molar-refractivity contribution >= 4 is 27.8 Å². The predicted molar refractivity (Wildman–Crippen MR) is 43.5 cm³/mol. The summed E-state index contributed by atoms with van der Waals surface area (Å²) in [7, 11) is 0. The van der Waals surface area contributed by atoms with Gasteiger partial charge in [-0.25, -0.2) is 9.78 Å². The van der Waals surface area contributed by atoms with Crippen molar-refractivity contribution < 1.29 is 14.3 Å². The zero-order valence-electron chi connectivity index (χ0n) is 5.71. The maximum Gasteiger partial charge on any atom is 0.410 e. The van der Waals surface area contributed by atoms with Crippen molar-refractivity contribution in [1.82, 2.24) is 4.98 Å². The third-order valence-corrected chi connectivity index (χ3v) is 1.63. The summed E-state index contributed by atoms with van der Waals surface area (Å²) < 4.78 is 12.8. The van der Waals surface area contributed by atoms with E-state index in [0.717, 1.165) is 0 Å². The van der Waals surface area contributed by atoms with Gasteiger partial charge in [0.2, 0.25) is 5.95 Å². The summed E-state index contributed by atoms with van der Waals surface area (Å²) in [4.78, 5) is 13.4. The van der Waals surface area contributed by atoms with Crippen LogP contribution in [0.2, 0.25) is 0 Å². The Labute approximate surface area is 75.6 Å². The Balaban J connectivity index is 2.89.